The van der Waals surface area contributed by atoms with Crippen molar-refractivity contribution < 1.29 is 0 Å². The molecule has 1 fully saturated rings. The first-order chi connectivity index (χ1) is 9.56. The molecule has 1 rings (SSSR count). The van der Waals surface area contributed by atoms with E-state index in [1.54, 1.807) is 6.92 Å². The number of nitrogens with zero attached hydrogens (tertiary/aromatic N) is 3. The Labute approximate surface area is 126 Å². The predicted octanol–water partition coefficient (Wildman–Crippen LogP) is 4.21. The van der Waals surface area contributed by atoms with E-state index in [1.807, 2.05) is 25.6 Å². The zero-order chi connectivity index (χ0) is 15.1. The third kappa shape index (κ3) is 3.81. The number of thioether (sulfide) groups is 1. The summed E-state index contributed by atoms with van der Waals surface area (Å²) in [7, 11) is 0. The van der Waals surface area contributed by atoms with Gasteiger partial charge in [-0.25, -0.2) is 0 Å². The Morgan fingerprint density at radius 3 is 2.50 bits per heavy atom. The summed E-state index contributed by atoms with van der Waals surface area (Å²) >= 11 is 1.98. The van der Waals surface area contributed by atoms with Crippen LogP contribution in [0.1, 0.15) is 47.0 Å². The van der Waals surface area contributed by atoms with E-state index in [1.165, 1.54) is 19.3 Å². The molecular formula is C16H23N3S. The van der Waals surface area contributed by atoms with Crippen LogP contribution in [0.2, 0.25) is 0 Å². The number of likely N-dealkylation sites (tertiary alicyclic amines) is 1. The Morgan fingerprint density at radius 2 is 1.95 bits per heavy atom. The normalized spacial score (nSPS) is 20.9. The highest BCUT2D eigenvalue weighted by atomic mass is 32.2. The van der Waals surface area contributed by atoms with E-state index in [0.29, 0.717) is 16.5 Å². The molecule has 0 amide bonds. The fraction of sp³-hybridized carbons (Fsp3) is 0.625. The summed E-state index contributed by atoms with van der Waals surface area (Å²) in [6, 6.07) is 4.43. The Morgan fingerprint density at radius 1 is 1.25 bits per heavy atom. The van der Waals surface area contributed by atoms with E-state index < -0.39 is 0 Å². The molecule has 20 heavy (non-hydrogen) atoms. The van der Waals surface area contributed by atoms with E-state index in [-0.39, 0.29) is 0 Å². The molecular weight excluding hydrogens is 266 g/mol. The van der Waals surface area contributed by atoms with Crippen LogP contribution in [0.15, 0.2) is 22.4 Å². The lowest BCUT2D eigenvalue weighted by molar-refractivity contribution is 0.399. The van der Waals surface area contributed by atoms with Crippen molar-refractivity contribution in [3.05, 3.63) is 22.4 Å². The molecule has 1 saturated heterocycles. The minimum absolute atomic E-state index is 0.480. The van der Waals surface area contributed by atoms with Crippen LogP contribution in [0.5, 0.6) is 0 Å². The molecule has 0 N–H and O–H groups in total. The van der Waals surface area contributed by atoms with Crippen molar-refractivity contribution in [2.45, 2.75) is 52.3 Å². The molecule has 0 spiro atoms. The maximum atomic E-state index is 9.45. The third-order valence-corrected chi connectivity index (χ3v) is 5.24. The lowest BCUT2D eigenvalue weighted by Crippen LogP contribution is -2.26. The maximum absolute atomic E-state index is 9.45. The van der Waals surface area contributed by atoms with Gasteiger partial charge in [0.25, 0.3) is 0 Å². The Kier molecular flexibility index (Phi) is 6.68. The Hall–Kier alpha value is -1.39. The monoisotopic (exact) mass is 289 g/mol. The van der Waals surface area contributed by atoms with Crippen molar-refractivity contribution in [2.75, 3.05) is 12.3 Å². The first-order valence-electron chi connectivity index (χ1n) is 7.13. The second kappa shape index (κ2) is 8.02. The first-order valence-corrected chi connectivity index (χ1v) is 8.18. The second-order valence-corrected chi connectivity index (χ2v) is 6.38. The van der Waals surface area contributed by atoms with Crippen LogP contribution in [0.4, 0.5) is 0 Å². The van der Waals surface area contributed by atoms with E-state index >= 15 is 0 Å². The molecule has 0 aromatic rings. The summed E-state index contributed by atoms with van der Waals surface area (Å²) in [4.78, 5) is 2.34. The number of nitriles is 2. The van der Waals surface area contributed by atoms with Crippen molar-refractivity contribution in [3.8, 4) is 12.1 Å². The molecule has 1 atom stereocenters. The average Bonchev–Trinajstić information content (AvgIpc) is 2.92. The van der Waals surface area contributed by atoms with Crippen molar-refractivity contribution >= 4 is 11.8 Å². The summed E-state index contributed by atoms with van der Waals surface area (Å²) < 4.78 is 0. The fourth-order valence-corrected chi connectivity index (χ4v) is 3.68. The van der Waals surface area contributed by atoms with Gasteiger partial charge in [-0.3, -0.25) is 0 Å². The Bertz CT molecular complexity index is 491. The summed E-state index contributed by atoms with van der Waals surface area (Å²) in [5, 5.41) is 18.9. The molecule has 0 saturated carbocycles. The van der Waals surface area contributed by atoms with Crippen molar-refractivity contribution in [1.82, 2.24) is 4.90 Å². The lowest BCUT2D eigenvalue weighted by Gasteiger charge is -2.28. The maximum Gasteiger partial charge on any atom is 0.101 e. The van der Waals surface area contributed by atoms with Gasteiger partial charge >= 0.3 is 0 Å². The molecule has 0 radical (unpaired) electrons. The first kappa shape index (κ1) is 16.7. The summed E-state index contributed by atoms with van der Waals surface area (Å²) in [5.41, 5.74) is 3.11. The lowest BCUT2D eigenvalue weighted by atomic mass is 10.0. The van der Waals surface area contributed by atoms with Gasteiger partial charge in [0.1, 0.15) is 6.07 Å². The van der Waals surface area contributed by atoms with Crippen LogP contribution < -0.4 is 0 Å². The van der Waals surface area contributed by atoms with Crippen molar-refractivity contribution in [3.63, 3.8) is 0 Å². The largest absolute Gasteiger partial charge is 0.362 e. The number of hydrogen-bond donors (Lipinski definition) is 0. The van der Waals surface area contributed by atoms with Crippen LogP contribution in [-0.4, -0.2) is 22.6 Å². The molecule has 0 aliphatic carbocycles. The van der Waals surface area contributed by atoms with E-state index in [2.05, 4.69) is 24.0 Å². The van der Waals surface area contributed by atoms with Crippen LogP contribution >= 0.6 is 11.8 Å². The van der Waals surface area contributed by atoms with E-state index in [9.17, 15) is 5.26 Å². The van der Waals surface area contributed by atoms with Gasteiger partial charge in [0.2, 0.25) is 0 Å². The molecule has 1 unspecified atom stereocenters. The number of allylic oxidation sites excluding steroid dienone is 4. The SMILES string of the molecule is CCCSC1CCCN1/C(C)=C(C#N)/C(C)=C(\C)C#N. The molecule has 1 aliphatic heterocycles. The quantitative estimate of drug-likeness (QED) is 0.562. The topological polar surface area (TPSA) is 50.8 Å². The van der Waals surface area contributed by atoms with Crippen LogP contribution in [-0.2, 0) is 0 Å². The second-order valence-electron chi connectivity index (χ2n) is 5.10. The van der Waals surface area contributed by atoms with Gasteiger partial charge in [-0.2, -0.15) is 10.5 Å². The molecule has 3 nitrogen and oxygen atoms in total. The zero-order valence-electron chi connectivity index (χ0n) is 12.9. The van der Waals surface area contributed by atoms with Gasteiger partial charge in [-0.05, 0) is 51.4 Å². The van der Waals surface area contributed by atoms with Gasteiger partial charge in [-0.1, -0.05) is 6.92 Å². The van der Waals surface area contributed by atoms with Crippen LogP contribution in [0, 0.1) is 22.7 Å². The Balaban J connectivity index is 3.06. The highest BCUT2D eigenvalue weighted by Gasteiger charge is 2.26. The van der Waals surface area contributed by atoms with Crippen molar-refractivity contribution in [1.29, 1.82) is 10.5 Å². The highest BCUT2D eigenvalue weighted by Crippen LogP contribution is 2.33. The van der Waals surface area contributed by atoms with Gasteiger partial charge in [-0.15, -0.1) is 11.8 Å². The molecule has 0 bridgehead atoms. The average molecular weight is 289 g/mol. The standard InChI is InChI=1S/C16H23N3S/c1-5-9-20-16-7-6-8-19(16)14(4)15(11-18)13(3)12(2)10-17/h16H,5-9H2,1-4H3/b13-12+,15-14+. The predicted molar refractivity (Wildman–Crippen MR) is 84.8 cm³/mol. The summed E-state index contributed by atoms with van der Waals surface area (Å²) in [5.74, 6) is 1.16. The molecule has 1 aliphatic rings. The fourth-order valence-electron chi connectivity index (χ4n) is 2.40. The minimum atomic E-state index is 0.480. The van der Waals surface area contributed by atoms with E-state index in [4.69, 9.17) is 5.26 Å². The van der Waals surface area contributed by atoms with Gasteiger partial charge in [0.15, 0.2) is 0 Å². The molecule has 4 heteroatoms. The van der Waals surface area contributed by atoms with Crippen molar-refractivity contribution in [2.24, 2.45) is 0 Å². The molecule has 0 aromatic heterocycles. The smallest absolute Gasteiger partial charge is 0.101 e. The third-order valence-electron chi connectivity index (χ3n) is 3.72. The summed E-state index contributed by atoms with van der Waals surface area (Å²) in [6.45, 7) is 8.85. The van der Waals surface area contributed by atoms with E-state index in [0.717, 1.165) is 23.6 Å². The number of hydrogen-bond acceptors (Lipinski definition) is 4. The highest BCUT2D eigenvalue weighted by molar-refractivity contribution is 7.99. The molecule has 1 heterocycles. The van der Waals surface area contributed by atoms with Crippen LogP contribution in [0.3, 0.4) is 0 Å². The van der Waals surface area contributed by atoms with Crippen LogP contribution in [0.25, 0.3) is 0 Å². The molecule has 0 aromatic carbocycles. The number of rotatable bonds is 5. The summed E-state index contributed by atoms with van der Waals surface area (Å²) in [6.07, 6.45) is 3.54. The van der Waals surface area contributed by atoms with Gasteiger partial charge in [0.05, 0.1) is 17.0 Å². The van der Waals surface area contributed by atoms with Gasteiger partial charge < -0.3 is 4.90 Å². The molecule has 108 valence electrons. The van der Waals surface area contributed by atoms with Gasteiger partial charge in [0, 0.05) is 17.8 Å². The minimum Gasteiger partial charge on any atom is -0.362 e. The zero-order valence-corrected chi connectivity index (χ0v) is 13.7.